The van der Waals surface area contributed by atoms with Crippen LogP contribution in [0.4, 0.5) is 0 Å². The van der Waals surface area contributed by atoms with Gasteiger partial charge in [-0.25, -0.2) is 0 Å². The van der Waals surface area contributed by atoms with E-state index in [1.807, 2.05) is 44.9 Å². The van der Waals surface area contributed by atoms with E-state index in [0.717, 1.165) is 5.56 Å². The fraction of sp³-hybridized carbons (Fsp3) is 0.529. The summed E-state index contributed by atoms with van der Waals surface area (Å²) >= 11 is 12.0. The number of amides is 1. The summed E-state index contributed by atoms with van der Waals surface area (Å²) < 4.78 is 0. The van der Waals surface area contributed by atoms with E-state index in [9.17, 15) is 4.79 Å². The molecule has 0 fully saturated rings. The Kier molecular flexibility index (Phi) is 10.8. The van der Waals surface area contributed by atoms with Crippen molar-refractivity contribution in [2.24, 2.45) is 10.4 Å². The maximum absolute atomic E-state index is 12.1. The molecule has 0 heterocycles. The zero-order valence-corrected chi connectivity index (χ0v) is 19.2. The third-order valence-electron chi connectivity index (χ3n) is 3.62. The molecule has 1 amide bonds. The van der Waals surface area contributed by atoms with Crippen molar-refractivity contribution in [2.45, 2.75) is 27.3 Å². The molecule has 1 rings (SSSR count). The van der Waals surface area contributed by atoms with E-state index in [4.69, 9.17) is 23.2 Å². The minimum atomic E-state index is -0.531. The van der Waals surface area contributed by atoms with E-state index in [1.165, 1.54) is 0 Å². The second-order valence-electron chi connectivity index (χ2n) is 6.25. The molecule has 0 saturated carbocycles. The van der Waals surface area contributed by atoms with E-state index in [1.54, 1.807) is 13.1 Å². The molecule has 0 unspecified atom stereocenters. The standard InChI is InChI=1S/C17H26Cl2N4O.HI/c1-6-21-15(24)17(2,3)11-22-16(20-4)23(5)10-12-7-8-13(18)14(19)9-12;/h7-9H,6,10-11H2,1-5H3,(H,20,22)(H,21,24);1H. The molecule has 8 heteroatoms. The summed E-state index contributed by atoms with van der Waals surface area (Å²) in [5.74, 6) is 0.721. The van der Waals surface area contributed by atoms with Crippen molar-refractivity contribution >= 4 is 59.0 Å². The summed E-state index contributed by atoms with van der Waals surface area (Å²) in [5.41, 5.74) is 0.494. The number of rotatable bonds is 6. The second kappa shape index (κ2) is 11.1. The van der Waals surface area contributed by atoms with Crippen LogP contribution in [0.5, 0.6) is 0 Å². The lowest BCUT2D eigenvalue weighted by molar-refractivity contribution is -0.128. The molecular weight excluding hydrogens is 474 g/mol. The summed E-state index contributed by atoms with van der Waals surface area (Å²) in [6.45, 7) is 7.43. The van der Waals surface area contributed by atoms with Crippen molar-refractivity contribution in [1.82, 2.24) is 15.5 Å². The van der Waals surface area contributed by atoms with Gasteiger partial charge in [-0.05, 0) is 38.5 Å². The minimum absolute atomic E-state index is 0. The highest BCUT2D eigenvalue weighted by Gasteiger charge is 2.27. The Morgan fingerprint density at radius 2 is 1.88 bits per heavy atom. The fourth-order valence-corrected chi connectivity index (χ4v) is 2.47. The Labute approximate surface area is 177 Å². The van der Waals surface area contributed by atoms with Gasteiger partial charge < -0.3 is 15.5 Å². The summed E-state index contributed by atoms with van der Waals surface area (Å²) in [5, 5.41) is 7.17. The molecule has 0 aromatic heterocycles. The number of benzene rings is 1. The molecule has 142 valence electrons. The van der Waals surface area contributed by atoms with Crippen molar-refractivity contribution in [3.8, 4) is 0 Å². The number of carbonyl (C=O) groups excluding carboxylic acids is 1. The Hall–Kier alpha value is -0.730. The number of guanidine groups is 1. The van der Waals surface area contributed by atoms with Crippen molar-refractivity contribution in [1.29, 1.82) is 0 Å². The molecule has 1 aromatic rings. The van der Waals surface area contributed by atoms with Crippen molar-refractivity contribution in [3.63, 3.8) is 0 Å². The highest BCUT2D eigenvalue weighted by molar-refractivity contribution is 14.0. The lowest BCUT2D eigenvalue weighted by atomic mass is 9.92. The van der Waals surface area contributed by atoms with E-state index in [-0.39, 0.29) is 29.9 Å². The quantitative estimate of drug-likeness (QED) is 0.355. The van der Waals surface area contributed by atoms with Crippen LogP contribution in [0.3, 0.4) is 0 Å². The number of hydrogen-bond donors (Lipinski definition) is 2. The van der Waals surface area contributed by atoms with Gasteiger partial charge in [0.15, 0.2) is 5.96 Å². The monoisotopic (exact) mass is 500 g/mol. The maximum atomic E-state index is 12.1. The van der Waals surface area contributed by atoms with E-state index in [2.05, 4.69) is 15.6 Å². The van der Waals surface area contributed by atoms with Gasteiger partial charge in [-0.15, -0.1) is 24.0 Å². The topological polar surface area (TPSA) is 56.7 Å². The first kappa shape index (κ1) is 24.3. The molecule has 0 aliphatic heterocycles. The Balaban J connectivity index is 0.00000576. The van der Waals surface area contributed by atoms with Gasteiger partial charge >= 0.3 is 0 Å². The molecule has 0 bridgehead atoms. The first-order chi connectivity index (χ1) is 11.2. The summed E-state index contributed by atoms with van der Waals surface area (Å²) in [6, 6.07) is 5.55. The zero-order valence-electron chi connectivity index (χ0n) is 15.3. The van der Waals surface area contributed by atoms with Gasteiger partial charge in [0.25, 0.3) is 0 Å². The Bertz CT molecular complexity index is 608. The number of nitrogens with one attached hydrogen (secondary N) is 2. The van der Waals surface area contributed by atoms with Crippen LogP contribution >= 0.6 is 47.2 Å². The molecular formula is C17H27Cl2IN4O. The van der Waals surface area contributed by atoms with Crippen LogP contribution in [0.1, 0.15) is 26.3 Å². The van der Waals surface area contributed by atoms with Crippen LogP contribution in [0.2, 0.25) is 10.0 Å². The predicted molar refractivity (Wildman–Crippen MR) is 117 cm³/mol. The molecule has 0 aliphatic carbocycles. The maximum Gasteiger partial charge on any atom is 0.227 e. The van der Waals surface area contributed by atoms with Crippen LogP contribution in [-0.4, -0.2) is 44.0 Å². The van der Waals surface area contributed by atoms with Gasteiger partial charge in [-0.1, -0.05) is 29.3 Å². The number of nitrogens with zero attached hydrogens (tertiary/aromatic N) is 2. The Morgan fingerprint density at radius 1 is 1.24 bits per heavy atom. The smallest absolute Gasteiger partial charge is 0.227 e. The van der Waals surface area contributed by atoms with Gasteiger partial charge in [0, 0.05) is 33.7 Å². The third-order valence-corrected chi connectivity index (χ3v) is 4.36. The van der Waals surface area contributed by atoms with Crippen molar-refractivity contribution in [2.75, 3.05) is 27.2 Å². The average molecular weight is 501 g/mol. The molecule has 0 saturated heterocycles. The van der Waals surface area contributed by atoms with Crippen LogP contribution < -0.4 is 10.6 Å². The summed E-state index contributed by atoms with van der Waals surface area (Å²) in [7, 11) is 3.64. The second-order valence-corrected chi connectivity index (χ2v) is 7.06. The largest absolute Gasteiger partial charge is 0.356 e. The van der Waals surface area contributed by atoms with Crippen molar-refractivity contribution in [3.05, 3.63) is 33.8 Å². The highest BCUT2D eigenvalue weighted by Crippen LogP contribution is 2.23. The predicted octanol–water partition coefficient (Wildman–Crippen LogP) is 3.78. The van der Waals surface area contributed by atoms with E-state index in [0.29, 0.717) is 35.6 Å². The zero-order chi connectivity index (χ0) is 18.3. The SMILES string of the molecule is CCNC(=O)C(C)(C)CNC(=NC)N(C)Cc1ccc(Cl)c(Cl)c1.I. The number of hydrogen-bond acceptors (Lipinski definition) is 2. The van der Waals surface area contributed by atoms with Gasteiger partial charge in [-0.2, -0.15) is 0 Å². The molecule has 25 heavy (non-hydrogen) atoms. The summed E-state index contributed by atoms with van der Waals surface area (Å²) in [6.07, 6.45) is 0. The highest BCUT2D eigenvalue weighted by atomic mass is 127. The van der Waals surface area contributed by atoms with Gasteiger partial charge in [-0.3, -0.25) is 9.79 Å². The minimum Gasteiger partial charge on any atom is -0.356 e. The molecule has 0 spiro atoms. The normalized spacial score (nSPS) is 11.6. The van der Waals surface area contributed by atoms with Crippen LogP contribution in [0.25, 0.3) is 0 Å². The third kappa shape index (κ3) is 7.58. The lowest BCUT2D eigenvalue weighted by Gasteiger charge is -2.28. The Morgan fingerprint density at radius 3 is 2.40 bits per heavy atom. The first-order valence-electron chi connectivity index (χ1n) is 7.85. The van der Waals surface area contributed by atoms with Crippen molar-refractivity contribution < 1.29 is 4.79 Å². The average Bonchev–Trinajstić information content (AvgIpc) is 2.51. The molecule has 5 nitrogen and oxygen atoms in total. The van der Waals surface area contributed by atoms with Gasteiger partial charge in [0.05, 0.1) is 15.5 Å². The molecule has 0 radical (unpaired) electrons. The molecule has 2 N–H and O–H groups in total. The fourth-order valence-electron chi connectivity index (χ4n) is 2.15. The molecule has 0 aliphatic rings. The van der Waals surface area contributed by atoms with Crippen LogP contribution in [0.15, 0.2) is 23.2 Å². The summed E-state index contributed by atoms with van der Waals surface area (Å²) in [4.78, 5) is 18.3. The van der Waals surface area contributed by atoms with E-state index < -0.39 is 5.41 Å². The number of aliphatic imine (C=N–C) groups is 1. The lowest BCUT2D eigenvalue weighted by Crippen LogP contribution is -2.48. The first-order valence-corrected chi connectivity index (χ1v) is 8.61. The number of halogens is 3. The number of carbonyl (C=O) groups is 1. The van der Waals surface area contributed by atoms with E-state index >= 15 is 0 Å². The van der Waals surface area contributed by atoms with Crippen LogP contribution in [-0.2, 0) is 11.3 Å². The van der Waals surface area contributed by atoms with Gasteiger partial charge in [0.2, 0.25) is 5.91 Å². The molecule has 1 aromatic carbocycles. The van der Waals surface area contributed by atoms with Crippen LogP contribution in [0, 0.1) is 5.41 Å². The van der Waals surface area contributed by atoms with Gasteiger partial charge in [0.1, 0.15) is 0 Å². The molecule has 0 atom stereocenters.